The van der Waals surface area contributed by atoms with E-state index < -0.39 is 5.54 Å². The molecule has 0 rings (SSSR count). The lowest BCUT2D eigenvalue weighted by Crippen LogP contribution is -2.42. The summed E-state index contributed by atoms with van der Waals surface area (Å²) in [6.07, 6.45) is 11.1. The molecule has 0 bridgehead atoms. The second-order valence-corrected chi connectivity index (χ2v) is 4.97. The fourth-order valence-corrected chi connectivity index (χ4v) is 1.95. The van der Waals surface area contributed by atoms with E-state index >= 15 is 0 Å². The number of carbonyl (C=O) groups is 1. The summed E-state index contributed by atoms with van der Waals surface area (Å²) in [6.45, 7) is 2.79. The summed E-state index contributed by atoms with van der Waals surface area (Å²) in [5, 5.41) is 0. The van der Waals surface area contributed by atoms with Gasteiger partial charge in [-0.25, -0.2) is 0 Å². The van der Waals surface area contributed by atoms with Crippen LogP contribution in [0.5, 0.6) is 0 Å². The molecule has 0 radical (unpaired) electrons. The standard InChI is InChI=1S/C14H29NO2/c1-3-4-5-6-7-8-9-10-14(15,13-16)11-12-17-2/h13H,3-12,15H2,1-2H3. The topological polar surface area (TPSA) is 52.3 Å². The molecule has 2 N–H and O–H groups in total. The van der Waals surface area contributed by atoms with Gasteiger partial charge in [-0.3, -0.25) is 0 Å². The molecular weight excluding hydrogens is 214 g/mol. The molecule has 0 aromatic carbocycles. The van der Waals surface area contributed by atoms with E-state index in [0.29, 0.717) is 13.0 Å². The Labute approximate surface area is 106 Å². The van der Waals surface area contributed by atoms with Gasteiger partial charge in [0, 0.05) is 13.7 Å². The minimum Gasteiger partial charge on any atom is -0.385 e. The predicted octanol–water partition coefficient (Wildman–Crippen LogP) is 3.06. The highest BCUT2D eigenvalue weighted by atomic mass is 16.5. The summed E-state index contributed by atoms with van der Waals surface area (Å²) in [6, 6.07) is 0. The highest BCUT2D eigenvalue weighted by Crippen LogP contribution is 2.16. The molecule has 0 aliphatic carbocycles. The number of ether oxygens (including phenoxy) is 1. The zero-order valence-corrected chi connectivity index (χ0v) is 11.5. The van der Waals surface area contributed by atoms with E-state index in [1.165, 1.54) is 38.5 Å². The molecule has 0 aromatic heterocycles. The van der Waals surface area contributed by atoms with E-state index in [1.54, 1.807) is 7.11 Å². The van der Waals surface area contributed by atoms with E-state index in [-0.39, 0.29) is 0 Å². The number of rotatable bonds is 12. The fraction of sp³-hybridized carbons (Fsp3) is 0.929. The lowest BCUT2D eigenvalue weighted by Gasteiger charge is -2.22. The highest BCUT2D eigenvalue weighted by molar-refractivity contribution is 5.63. The van der Waals surface area contributed by atoms with Gasteiger partial charge in [0.05, 0.1) is 5.54 Å². The van der Waals surface area contributed by atoms with E-state index in [0.717, 1.165) is 19.1 Å². The molecule has 102 valence electrons. The first-order valence-electron chi connectivity index (χ1n) is 6.92. The molecule has 0 heterocycles. The van der Waals surface area contributed by atoms with Crippen LogP contribution in [0.3, 0.4) is 0 Å². The minimum atomic E-state index is -0.667. The summed E-state index contributed by atoms with van der Waals surface area (Å²) in [4.78, 5) is 11.0. The first-order chi connectivity index (χ1) is 8.18. The Bertz CT molecular complexity index is 185. The maximum atomic E-state index is 11.0. The van der Waals surface area contributed by atoms with Gasteiger partial charge in [0.1, 0.15) is 6.29 Å². The van der Waals surface area contributed by atoms with E-state index in [9.17, 15) is 4.79 Å². The quantitative estimate of drug-likeness (QED) is 0.423. The zero-order chi connectivity index (χ0) is 13.0. The second kappa shape index (κ2) is 10.7. The van der Waals surface area contributed by atoms with Gasteiger partial charge in [-0.2, -0.15) is 0 Å². The average Bonchev–Trinajstić information content (AvgIpc) is 2.35. The van der Waals surface area contributed by atoms with Crippen LogP contribution in [0.15, 0.2) is 0 Å². The van der Waals surface area contributed by atoms with E-state index in [4.69, 9.17) is 10.5 Å². The Morgan fingerprint density at radius 1 is 1.06 bits per heavy atom. The highest BCUT2D eigenvalue weighted by Gasteiger charge is 2.22. The van der Waals surface area contributed by atoms with E-state index in [1.807, 2.05) is 0 Å². The molecule has 3 heteroatoms. The second-order valence-electron chi connectivity index (χ2n) is 4.97. The van der Waals surface area contributed by atoms with Gasteiger partial charge in [0.15, 0.2) is 0 Å². The van der Waals surface area contributed by atoms with Gasteiger partial charge in [0.2, 0.25) is 0 Å². The van der Waals surface area contributed by atoms with Gasteiger partial charge in [-0.15, -0.1) is 0 Å². The molecule has 0 aliphatic rings. The van der Waals surface area contributed by atoms with Crippen molar-refractivity contribution in [2.45, 2.75) is 70.3 Å². The maximum Gasteiger partial charge on any atom is 0.139 e. The van der Waals surface area contributed by atoms with Crippen molar-refractivity contribution in [2.75, 3.05) is 13.7 Å². The van der Waals surface area contributed by atoms with Crippen LogP contribution in [0.1, 0.15) is 64.7 Å². The molecule has 0 spiro atoms. The Kier molecular flexibility index (Phi) is 10.5. The van der Waals surface area contributed by atoms with Crippen LogP contribution in [0.2, 0.25) is 0 Å². The number of carbonyl (C=O) groups excluding carboxylic acids is 1. The predicted molar refractivity (Wildman–Crippen MR) is 72.1 cm³/mol. The normalized spacial score (nSPS) is 14.5. The van der Waals surface area contributed by atoms with Crippen LogP contribution >= 0.6 is 0 Å². The molecule has 0 aliphatic heterocycles. The van der Waals surface area contributed by atoms with Gasteiger partial charge in [-0.05, 0) is 12.8 Å². The van der Waals surface area contributed by atoms with Crippen molar-refractivity contribution in [1.82, 2.24) is 0 Å². The van der Waals surface area contributed by atoms with Crippen LogP contribution in [0.25, 0.3) is 0 Å². The largest absolute Gasteiger partial charge is 0.385 e. The molecule has 3 nitrogen and oxygen atoms in total. The first-order valence-corrected chi connectivity index (χ1v) is 6.92. The molecule has 0 fully saturated rings. The van der Waals surface area contributed by atoms with Crippen LogP contribution in [-0.4, -0.2) is 25.5 Å². The lowest BCUT2D eigenvalue weighted by atomic mass is 9.91. The summed E-state index contributed by atoms with van der Waals surface area (Å²) in [7, 11) is 1.64. The lowest BCUT2D eigenvalue weighted by molar-refractivity contribution is -0.113. The number of hydrogen-bond acceptors (Lipinski definition) is 3. The monoisotopic (exact) mass is 243 g/mol. The Morgan fingerprint density at radius 3 is 2.18 bits per heavy atom. The number of nitrogens with two attached hydrogens (primary N) is 1. The van der Waals surface area contributed by atoms with Gasteiger partial charge in [0.25, 0.3) is 0 Å². The summed E-state index contributed by atoms with van der Waals surface area (Å²) >= 11 is 0. The van der Waals surface area contributed by atoms with Crippen molar-refractivity contribution >= 4 is 6.29 Å². The van der Waals surface area contributed by atoms with Crippen molar-refractivity contribution in [2.24, 2.45) is 5.73 Å². The van der Waals surface area contributed by atoms with Crippen molar-refractivity contribution in [3.05, 3.63) is 0 Å². The summed E-state index contributed by atoms with van der Waals surface area (Å²) < 4.78 is 4.97. The Morgan fingerprint density at radius 2 is 1.65 bits per heavy atom. The molecule has 1 unspecified atom stereocenters. The molecule has 17 heavy (non-hydrogen) atoms. The third-order valence-corrected chi connectivity index (χ3v) is 3.25. The summed E-state index contributed by atoms with van der Waals surface area (Å²) in [5.41, 5.74) is 5.33. The SMILES string of the molecule is CCCCCCCCCC(N)(C=O)CCOC. The summed E-state index contributed by atoms with van der Waals surface area (Å²) in [5.74, 6) is 0. The first kappa shape index (κ1) is 16.6. The minimum absolute atomic E-state index is 0.561. The fourth-order valence-electron chi connectivity index (χ4n) is 1.95. The smallest absolute Gasteiger partial charge is 0.139 e. The maximum absolute atomic E-state index is 11.0. The number of unbranched alkanes of at least 4 members (excludes halogenated alkanes) is 6. The van der Waals surface area contributed by atoms with Gasteiger partial charge >= 0.3 is 0 Å². The Hall–Kier alpha value is -0.410. The van der Waals surface area contributed by atoms with Crippen LogP contribution in [0.4, 0.5) is 0 Å². The van der Waals surface area contributed by atoms with Crippen LogP contribution in [-0.2, 0) is 9.53 Å². The molecule has 0 saturated carbocycles. The van der Waals surface area contributed by atoms with Crippen molar-refractivity contribution in [3.63, 3.8) is 0 Å². The van der Waals surface area contributed by atoms with E-state index in [2.05, 4.69) is 6.92 Å². The number of hydrogen-bond donors (Lipinski definition) is 1. The number of aldehydes is 1. The Balaban J connectivity index is 3.52. The third-order valence-electron chi connectivity index (χ3n) is 3.25. The molecule has 1 atom stereocenters. The van der Waals surface area contributed by atoms with Gasteiger partial charge < -0.3 is 15.3 Å². The molecule has 0 amide bonds. The zero-order valence-electron chi connectivity index (χ0n) is 11.5. The molecular formula is C14H29NO2. The van der Waals surface area contributed by atoms with Gasteiger partial charge in [-0.1, -0.05) is 51.9 Å². The number of methoxy groups -OCH3 is 1. The van der Waals surface area contributed by atoms with Crippen LogP contribution < -0.4 is 5.73 Å². The average molecular weight is 243 g/mol. The third kappa shape index (κ3) is 9.31. The van der Waals surface area contributed by atoms with Crippen molar-refractivity contribution in [3.8, 4) is 0 Å². The van der Waals surface area contributed by atoms with Crippen molar-refractivity contribution < 1.29 is 9.53 Å². The van der Waals surface area contributed by atoms with Crippen molar-refractivity contribution in [1.29, 1.82) is 0 Å². The van der Waals surface area contributed by atoms with Crippen LogP contribution in [0, 0.1) is 0 Å². The molecule has 0 saturated heterocycles. The molecule has 0 aromatic rings.